The summed E-state index contributed by atoms with van der Waals surface area (Å²) in [4.78, 5) is 23.8. The standard InChI is InChI=1S/C18H18BrNO3/c1-12(2)17(21)20-16-5-3-4-14(10-16)18(22)23-11-13-6-8-15(19)9-7-13/h3-10,12H,11H2,1-2H3,(H,20,21). The van der Waals surface area contributed by atoms with Gasteiger partial charge in [0.1, 0.15) is 6.61 Å². The van der Waals surface area contributed by atoms with E-state index in [0.717, 1.165) is 10.0 Å². The Labute approximate surface area is 144 Å². The Bertz CT molecular complexity index is 696. The van der Waals surface area contributed by atoms with Crippen LogP contribution in [0.3, 0.4) is 0 Å². The number of amides is 1. The van der Waals surface area contributed by atoms with Gasteiger partial charge in [-0.05, 0) is 35.9 Å². The Morgan fingerprint density at radius 3 is 2.48 bits per heavy atom. The molecule has 0 aliphatic carbocycles. The molecular formula is C18H18BrNO3. The maximum absolute atomic E-state index is 12.1. The third kappa shape index (κ3) is 5.21. The molecule has 1 N–H and O–H groups in total. The van der Waals surface area contributed by atoms with Gasteiger partial charge in [0.25, 0.3) is 0 Å². The Balaban J connectivity index is 1.99. The number of anilines is 1. The van der Waals surface area contributed by atoms with Gasteiger partial charge in [0, 0.05) is 16.1 Å². The van der Waals surface area contributed by atoms with Crippen LogP contribution in [0.1, 0.15) is 29.8 Å². The molecule has 0 radical (unpaired) electrons. The van der Waals surface area contributed by atoms with E-state index in [1.54, 1.807) is 24.3 Å². The molecule has 0 saturated heterocycles. The minimum atomic E-state index is -0.423. The zero-order valence-corrected chi connectivity index (χ0v) is 14.6. The third-order valence-electron chi connectivity index (χ3n) is 3.17. The highest BCUT2D eigenvalue weighted by Gasteiger charge is 2.11. The molecule has 4 nitrogen and oxygen atoms in total. The summed E-state index contributed by atoms with van der Waals surface area (Å²) >= 11 is 3.36. The number of benzene rings is 2. The number of hydrogen-bond donors (Lipinski definition) is 1. The molecule has 0 aromatic heterocycles. The first-order valence-electron chi connectivity index (χ1n) is 7.28. The highest BCUT2D eigenvalue weighted by molar-refractivity contribution is 9.10. The van der Waals surface area contributed by atoms with Crippen LogP contribution in [0.25, 0.3) is 0 Å². The predicted octanol–water partition coefficient (Wildman–Crippen LogP) is 4.40. The van der Waals surface area contributed by atoms with Crippen molar-refractivity contribution in [3.63, 3.8) is 0 Å². The number of hydrogen-bond acceptors (Lipinski definition) is 3. The van der Waals surface area contributed by atoms with Crippen LogP contribution in [0, 0.1) is 5.92 Å². The molecule has 0 unspecified atom stereocenters. The van der Waals surface area contributed by atoms with E-state index in [9.17, 15) is 9.59 Å². The minimum absolute atomic E-state index is 0.0922. The molecule has 2 aromatic rings. The summed E-state index contributed by atoms with van der Waals surface area (Å²) in [5, 5.41) is 2.76. The van der Waals surface area contributed by atoms with Crippen LogP contribution in [0.2, 0.25) is 0 Å². The summed E-state index contributed by atoms with van der Waals surface area (Å²) in [5.74, 6) is -0.637. The molecule has 0 heterocycles. The Kier molecular flexibility index (Phi) is 5.93. The molecule has 23 heavy (non-hydrogen) atoms. The van der Waals surface area contributed by atoms with E-state index in [2.05, 4.69) is 21.2 Å². The highest BCUT2D eigenvalue weighted by atomic mass is 79.9. The average Bonchev–Trinajstić information content (AvgIpc) is 2.54. The van der Waals surface area contributed by atoms with E-state index in [0.29, 0.717) is 11.3 Å². The molecule has 1 amide bonds. The monoisotopic (exact) mass is 375 g/mol. The van der Waals surface area contributed by atoms with Crippen molar-refractivity contribution >= 4 is 33.5 Å². The number of carbonyl (C=O) groups excluding carboxylic acids is 2. The predicted molar refractivity (Wildman–Crippen MR) is 93.2 cm³/mol. The van der Waals surface area contributed by atoms with Crippen molar-refractivity contribution in [3.05, 3.63) is 64.1 Å². The lowest BCUT2D eigenvalue weighted by atomic mass is 10.1. The second kappa shape index (κ2) is 7.92. The normalized spacial score (nSPS) is 10.4. The number of carbonyl (C=O) groups is 2. The van der Waals surface area contributed by atoms with Gasteiger partial charge >= 0.3 is 5.97 Å². The van der Waals surface area contributed by atoms with Crippen molar-refractivity contribution in [2.75, 3.05) is 5.32 Å². The zero-order chi connectivity index (χ0) is 16.8. The number of rotatable bonds is 5. The lowest BCUT2D eigenvalue weighted by Crippen LogP contribution is -2.18. The summed E-state index contributed by atoms with van der Waals surface area (Å²) in [7, 11) is 0. The lowest BCUT2D eigenvalue weighted by Gasteiger charge is -2.09. The van der Waals surface area contributed by atoms with E-state index in [-0.39, 0.29) is 18.4 Å². The molecule has 5 heteroatoms. The molecule has 0 atom stereocenters. The molecule has 0 aliphatic heterocycles. The minimum Gasteiger partial charge on any atom is -0.457 e. The Hall–Kier alpha value is -2.14. The summed E-state index contributed by atoms with van der Waals surface area (Å²) in [6.07, 6.45) is 0. The van der Waals surface area contributed by atoms with Crippen molar-refractivity contribution in [1.82, 2.24) is 0 Å². The van der Waals surface area contributed by atoms with Crippen LogP contribution >= 0.6 is 15.9 Å². The maximum Gasteiger partial charge on any atom is 0.338 e. The van der Waals surface area contributed by atoms with Crippen molar-refractivity contribution in [1.29, 1.82) is 0 Å². The molecule has 0 bridgehead atoms. The first kappa shape index (κ1) is 17.2. The first-order chi connectivity index (χ1) is 11.0. The van der Waals surface area contributed by atoms with Gasteiger partial charge in [0.05, 0.1) is 5.56 Å². The van der Waals surface area contributed by atoms with E-state index in [1.807, 2.05) is 38.1 Å². The van der Waals surface area contributed by atoms with Gasteiger partial charge in [0.15, 0.2) is 0 Å². The van der Waals surface area contributed by atoms with Crippen LogP contribution < -0.4 is 5.32 Å². The van der Waals surface area contributed by atoms with Crippen LogP contribution in [0.4, 0.5) is 5.69 Å². The van der Waals surface area contributed by atoms with E-state index < -0.39 is 5.97 Å². The van der Waals surface area contributed by atoms with Gasteiger partial charge in [-0.2, -0.15) is 0 Å². The van der Waals surface area contributed by atoms with Crippen molar-refractivity contribution in [2.45, 2.75) is 20.5 Å². The maximum atomic E-state index is 12.1. The molecule has 2 rings (SSSR count). The van der Waals surface area contributed by atoms with E-state index in [1.165, 1.54) is 0 Å². The first-order valence-corrected chi connectivity index (χ1v) is 8.07. The molecule has 0 spiro atoms. The lowest BCUT2D eigenvalue weighted by molar-refractivity contribution is -0.118. The van der Waals surface area contributed by atoms with Gasteiger partial charge in [-0.1, -0.05) is 48.0 Å². The Morgan fingerprint density at radius 1 is 1.13 bits per heavy atom. The molecule has 120 valence electrons. The molecule has 0 fully saturated rings. The summed E-state index contributed by atoms with van der Waals surface area (Å²) in [5.41, 5.74) is 1.90. The Morgan fingerprint density at radius 2 is 1.83 bits per heavy atom. The quantitative estimate of drug-likeness (QED) is 0.787. The molecule has 2 aromatic carbocycles. The fourth-order valence-corrected chi connectivity index (χ4v) is 2.09. The number of halogens is 1. The van der Waals surface area contributed by atoms with Gasteiger partial charge in [-0.15, -0.1) is 0 Å². The zero-order valence-electron chi connectivity index (χ0n) is 13.0. The van der Waals surface area contributed by atoms with Gasteiger partial charge in [-0.25, -0.2) is 4.79 Å². The number of ether oxygens (including phenoxy) is 1. The van der Waals surface area contributed by atoms with Crippen LogP contribution in [0.5, 0.6) is 0 Å². The second-order valence-corrected chi connectivity index (χ2v) is 6.34. The van der Waals surface area contributed by atoms with Crippen LogP contribution in [-0.4, -0.2) is 11.9 Å². The smallest absolute Gasteiger partial charge is 0.338 e. The highest BCUT2D eigenvalue weighted by Crippen LogP contribution is 2.15. The topological polar surface area (TPSA) is 55.4 Å². The fourth-order valence-electron chi connectivity index (χ4n) is 1.82. The molecular weight excluding hydrogens is 358 g/mol. The van der Waals surface area contributed by atoms with Crippen molar-refractivity contribution in [2.24, 2.45) is 5.92 Å². The van der Waals surface area contributed by atoms with Gasteiger partial charge in [-0.3, -0.25) is 4.79 Å². The van der Waals surface area contributed by atoms with Crippen molar-refractivity contribution < 1.29 is 14.3 Å². The van der Waals surface area contributed by atoms with E-state index >= 15 is 0 Å². The summed E-state index contributed by atoms with van der Waals surface area (Å²) in [6.45, 7) is 3.83. The van der Waals surface area contributed by atoms with Crippen LogP contribution in [0.15, 0.2) is 53.0 Å². The average molecular weight is 376 g/mol. The van der Waals surface area contributed by atoms with Gasteiger partial charge in [0.2, 0.25) is 5.91 Å². The number of esters is 1. The largest absolute Gasteiger partial charge is 0.457 e. The third-order valence-corrected chi connectivity index (χ3v) is 3.70. The van der Waals surface area contributed by atoms with E-state index in [4.69, 9.17) is 4.74 Å². The summed E-state index contributed by atoms with van der Waals surface area (Å²) < 4.78 is 6.27. The van der Waals surface area contributed by atoms with Crippen LogP contribution in [-0.2, 0) is 16.1 Å². The van der Waals surface area contributed by atoms with Gasteiger partial charge < -0.3 is 10.1 Å². The van der Waals surface area contributed by atoms with Crippen molar-refractivity contribution in [3.8, 4) is 0 Å². The SMILES string of the molecule is CC(C)C(=O)Nc1cccc(C(=O)OCc2ccc(Br)cc2)c1. The fraction of sp³-hybridized carbons (Fsp3) is 0.222. The number of nitrogens with one attached hydrogen (secondary N) is 1. The molecule has 0 saturated carbocycles. The summed E-state index contributed by atoms with van der Waals surface area (Å²) in [6, 6.07) is 14.3. The molecule has 0 aliphatic rings. The second-order valence-electron chi connectivity index (χ2n) is 5.43.